The van der Waals surface area contributed by atoms with E-state index in [1.165, 1.54) is 6.07 Å². The van der Waals surface area contributed by atoms with Gasteiger partial charge >= 0.3 is 0 Å². The second-order valence-corrected chi connectivity index (χ2v) is 4.57. The maximum absolute atomic E-state index is 13.7. The first kappa shape index (κ1) is 11.4. The Bertz CT molecular complexity index is 431. The van der Waals surface area contributed by atoms with E-state index in [-0.39, 0.29) is 11.1 Å². The van der Waals surface area contributed by atoms with Gasteiger partial charge in [-0.05, 0) is 18.1 Å². The van der Waals surface area contributed by atoms with Gasteiger partial charge in [0.05, 0.1) is 16.6 Å². The van der Waals surface area contributed by atoms with Gasteiger partial charge in [-0.25, -0.2) is 9.38 Å². The van der Waals surface area contributed by atoms with E-state index in [1.807, 2.05) is 0 Å². The van der Waals surface area contributed by atoms with Gasteiger partial charge in [-0.3, -0.25) is 0 Å². The van der Waals surface area contributed by atoms with Gasteiger partial charge in [0.2, 0.25) is 5.90 Å². The van der Waals surface area contributed by atoms with Crippen molar-refractivity contribution in [3.8, 4) is 0 Å². The average Bonchev–Trinajstić information content (AvgIpc) is 2.71. The minimum Gasteiger partial charge on any atom is -0.475 e. The summed E-state index contributed by atoms with van der Waals surface area (Å²) in [6.45, 7) is 4.64. The fraction of sp³-hybridized carbons (Fsp3) is 0.417. The normalized spacial score (nSPS) is 19.8. The molecule has 2 nitrogen and oxygen atoms in total. The summed E-state index contributed by atoms with van der Waals surface area (Å²) in [4.78, 5) is 4.36. The molecule has 0 saturated carbocycles. The highest BCUT2D eigenvalue weighted by Gasteiger charge is 2.24. The number of benzene rings is 1. The Morgan fingerprint density at radius 3 is 2.88 bits per heavy atom. The highest BCUT2D eigenvalue weighted by molar-refractivity contribution is 6.31. The van der Waals surface area contributed by atoms with Crippen molar-refractivity contribution in [3.05, 3.63) is 34.6 Å². The van der Waals surface area contributed by atoms with Crippen LogP contribution in [0, 0.1) is 11.7 Å². The van der Waals surface area contributed by atoms with Crippen LogP contribution in [0.1, 0.15) is 19.4 Å². The van der Waals surface area contributed by atoms with Crippen molar-refractivity contribution < 1.29 is 9.13 Å². The third kappa shape index (κ3) is 2.05. The molecule has 4 heteroatoms. The molecule has 0 saturated heterocycles. The lowest BCUT2D eigenvalue weighted by Gasteiger charge is -2.06. The smallest absolute Gasteiger partial charge is 0.219 e. The third-order valence-electron chi connectivity index (χ3n) is 2.63. The maximum atomic E-state index is 13.7. The highest BCUT2D eigenvalue weighted by Crippen LogP contribution is 2.23. The number of rotatable bonds is 2. The van der Waals surface area contributed by atoms with Gasteiger partial charge in [0.25, 0.3) is 0 Å². The van der Waals surface area contributed by atoms with Crippen LogP contribution >= 0.6 is 11.6 Å². The molecule has 0 radical (unpaired) electrons. The van der Waals surface area contributed by atoms with Crippen molar-refractivity contribution >= 4 is 17.5 Å². The number of hydrogen-bond donors (Lipinski definition) is 0. The first-order valence-corrected chi connectivity index (χ1v) is 5.62. The molecule has 0 aliphatic carbocycles. The molecule has 1 heterocycles. The van der Waals surface area contributed by atoms with Crippen LogP contribution in [0.15, 0.2) is 23.2 Å². The van der Waals surface area contributed by atoms with Gasteiger partial charge in [0.1, 0.15) is 6.61 Å². The predicted molar refractivity (Wildman–Crippen MR) is 62.5 cm³/mol. The van der Waals surface area contributed by atoms with E-state index in [0.717, 1.165) is 0 Å². The van der Waals surface area contributed by atoms with Crippen LogP contribution in [0.25, 0.3) is 0 Å². The molecule has 86 valence electrons. The second-order valence-electron chi connectivity index (χ2n) is 4.16. The predicted octanol–water partition coefficient (Wildman–Crippen LogP) is 3.28. The minimum atomic E-state index is -0.465. The zero-order valence-corrected chi connectivity index (χ0v) is 9.96. The summed E-state index contributed by atoms with van der Waals surface area (Å²) in [5, 5.41) is 0.0943. The molecular formula is C12H13ClFNO. The zero-order chi connectivity index (χ0) is 11.7. The van der Waals surface area contributed by atoms with Gasteiger partial charge in [-0.2, -0.15) is 0 Å². The molecular weight excluding hydrogens is 229 g/mol. The molecule has 0 bridgehead atoms. The lowest BCUT2D eigenvalue weighted by atomic mass is 10.1. The average molecular weight is 242 g/mol. The summed E-state index contributed by atoms with van der Waals surface area (Å²) in [6.07, 6.45) is 0. The molecule has 0 unspecified atom stereocenters. The van der Waals surface area contributed by atoms with E-state index in [4.69, 9.17) is 16.3 Å². The number of aliphatic imine (C=N–C) groups is 1. The topological polar surface area (TPSA) is 21.6 Å². The van der Waals surface area contributed by atoms with E-state index >= 15 is 0 Å². The van der Waals surface area contributed by atoms with Crippen molar-refractivity contribution in [2.24, 2.45) is 10.9 Å². The molecule has 1 aliphatic heterocycles. The Kier molecular flexibility index (Phi) is 3.15. The van der Waals surface area contributed by atoms with Crippen LogP contribution in [0.3, 0.4) is 0 Å². The Morgan fingerprint density at radius 2 is 2.25 bits per heavy atom. The van der Waals surface area contributed by atoms with Crippen molar-refractivity contribution in [1.29, 1.82) is 0 Å². The van der Waals surface area contributed by atoms with E-state index < -0.39 is 5.82 Å². The van der Waals surface area contributed by atoms with Crippen LogP contribution in [0.5, 0.6) is 0 Å². The summed E-state index contributed by atoms with van der Waals surface area (Å²) >= 11 is 5.71. The highest BCUT2D eigenvalue weighted by atomic mass is 35.5. The third-order valence-corrected chi connectivity index (χ3v) is 2.92. The first-order chi connectivity index (χ1) is 7.59. The van der Waals surface area contributed by atoms with Gasteiger partial charge in [0, 0.05) is 0 Å². The summed E-state index contributed by atoms with van der Waals surface area (Å²) in [5.74, 6) is 0.283. The van der Waals surface area contributed by atoms with E-state index in [2.05, 4.69) is 18.8 Å². The van der Waals surface area contributed by atoms with Crippen molar-refractivity contribution in [2.45, 2.75) is 19.9 Å². The lowest BCUT2D eigenvalue weighted by molar-refractivity contribution is 0.291. The molecule has 0 N–H and O–H groups in total. The number of ether oxygens (including phenoxy) is 1. The van der Waals surface area contributed by atoms with E-state index in [0.29, 0.717) is 24.0 Å². The van der Waals surface area contributed by atoms with Crippen molar-refractivity contribution in [3.63, 3.8) is 0 Å². The fourth-order valence-electron chi connectivity index (χ4n) is 1.55. The van der Waals surface area contributed by atoms with E-state index in [1.54, 1.807) is 12.1 Å². The summed E-state index contributed by atoms with van der Waals surface area (Å²) in [6, 6.07) is 4.93. The standard InChI is InChI=1S/C12H13ClFNO/c1-7(2)10-6-16-12(15-10)8-4-3-5-9(13)11(8)14/h3-5,7,10H,6H2,1-2H3/t10-/m0/s1. The monoisotopic (exact) mass is 241 g/mol. The fourth-order valence-corrected chi connectivity index (χ4v) is 1.72. The van der Waals surface area contributed by atoms with Crippen LogP contribution in [0.2, 0.25) is 5.02 Å². The number of halogens is 2. The molecule has 16 heavy (non-hydrogen) atoms. The van der Waals surface area contributed by atoms with Gasteiger partial charge in [-0.1, -0.05) is 31.5 Å². The van der Waals surface area contributed by atoms with Gasteiger partial charge in [0.15, 0.2) is 5.82 Å². The first-order valence-electron chi connectivity index (χ1n) is 5.24. The van der Waals surface area contributed by atoms with Crippen LogP contribution in [-0.2, 0) is 4.74 Å². The Balaban J connectivity index is 2.32. The number of nitrogens with zero attached hydrogens (tertiary/aromatic N) is 1. The minimum absolute atomic E-state index is 0.0943. The molecule has 0 aromatic heterocycles. The summed E-state index contributed by atoms with van der Waals surface area (Å²) in [5.41, 5.74) is 0.343. The van der Waals surface area contributed by atoms with Crippen molar-refractivity contribution in [1.82, 2.24) is 0 Å². The molecule has 0 fully saturated rings. The Hall–Kier alpha value is -1.09. The Morgan fingerprint density at radius 1 is 1.50 bits per heavy atom. The Labute approximate surface area is 99.1 Å². The van der Waals surface area contributed by atoms with Crippen LogP contribution in [-0.4, -0.2) is 18.5 Å². The van der Waals surface area contributed by atoms with Crippen LogP contribution < -0.4 is 0 Å². The summed E-state index contributed by atoms with van der Waals surface area (Å²) < 4.78 is 19.1. The SMILES string of the molecule is CC(C)[C@@H]1COC(c2cccc(Cl)c2F)=N1. The van der Waals surface area contributed by atoms with Crippen LogP contribution in [0.4, 0.5) is 4.39 Å². The quantitative estimate of drug-likeness (QED) is 0.779. The molecule has 1 aromatic carbocycles. The molecule has 2 rings (SSSR count). The van der Waals surface area contributed by atoms with Crippen molar-refractivity contribution in [2.75, 3.05) is 6.61 Å². The molecule has 0 spiro atoms. The largest absolute Gasteiger partial charge is 0.475 e. The second kappa shape index (κ2) is 4.42. The molecule has 1 aromatic rings. The zero-order valence-electron chi connectivity index (χ0n) is 9.21. The molecule has 0 amide bonds. The maximum Gasteiger partial charge on any atom is 0.219 e. The molecule has 1 aliphatic rings. The van der Waals surface area contributed by atoms with Gasteiger partial charge < -0.3 is 4.74 Å². The van der Waals surface area contributed by atoms with Gasteiger partial charge in [-0.15, -0.1) is 0 Å². The summed E-state index contributed by atoms with van der Waals surface area (Å²) in [7, 11) is 0. The van der Waals surface area contributed by atoms with E-state index in [9.17, 15) is 4.39 Å². The number of hydrogen-bond acceptors (Lipinski definition) is 2. The molecule has 1 atom stereocenters. The lowest BCUT2D eigenvalue weighted by Crippen LogP contribution is -2.13.